The molecule has 2 amide bonds. The Morgan fingerprint density at radius 3 is 0.796 bits per heavy atom. The van der Waals surface area contributed by atoms with Crippen LogP contribution in [0.15, 0.2) is 84.9 Å². The number of hydrogen-bond donors (Lipinski definition) is 2. The molecule has 93 heavy (non-hydrogen) atoms. The van der Waals surface area contributed by atoms with Crippen LogP contribution in [0, 0.1) is 0 Å². The second kappa shape index (κ2) is 25.7. The van der Waals surface area contributed by atoms with Crippen LogP contribution >= 0.6 is 0 Å². The summed E-state index contributed by atoms with van der Waals surface area (Å²) in [6, 6.07) is 16.4. The number of aryl methyl sites for hydroxylation is 2. The summed E-state index contributed by atoms with van der Waals surface area (Å²) in [5, 5.41) is 4.55. The van der Waals surface area contributed by atoms with E-state index in [1.165, 1.54) is 48.5 Å². The number of carbonyl (C=O) groups excluding carboxylic acids is 2. The van der Waals surface area contributed by atoms with Gasteiger partial charge in [-0.3, -0.25) is 10.6 Å². The van der Waals surface area contributed by atoms with Crippen LogP contribution in [0.3, 0.4) is 0 Å². The summed E-state index contributed by atoms with van der Waals surface area (Å²) >= 11 is 0. The Morgan fingerprint density at radius 2 is 0.548 bits per heavy atom. The first-order chi connectivity index (χ1) is 41.7. The number of halogens is 34. The standard InChI is InChI=1S/C51H36F34N2O6/c1-90-32-22-24(5-3-19-36(52,53)38(56,57)40(60,61)42(64,65)44(68,69)46(72,73)48(76,77)50(80,81)82)11-17-30(32)92-34(88)86-28-13-7-26(8-14-28)21-27-9-15-29(16-10-27)87-35(89)93-31-18-12-25(23-33(31)91-2)6-4-20-37(54,55)39(58,59)41(62,63)43(66,67)45(70,71)47(74,75)49(78,79)51(83,84)85/h7-18,22-23H,3-6,19-21H2,1-2H3,(H,86,88)(H,87,89). The first-order valence-electron chi connectivity index (χ1n) is 24.6. The van der Waals surface area contributed by atoms with Gasteiger partial charge in [0.05, 0.1) is 14.2 Å². The minimum atomic E-state index is -8.77. The molecular weight excluding hydrogens is 1380 g/mol. The molecule has 0 bridgehead atoms. The molecule has 4 aromatic rings. The van der Waals surface area contributed by atoms with E-state index in [0.717, 1.165) is 50.6 Å². The van der Waals surface area contributed by atoms with Crippen molar-refractivity contribution >= 4 is 23.6 Å². The lowest BCUT2D eigenvalue weighted by molar-refractivity contribution is -0.461. The minimum absolute atomic E-state index is 0.0500. The van der Waals surface area contributed by atoms with Gasteiger partial charge in [-0.25, -0.2) is 9.59 Å². The van der Waals surface area contributed by atoms with Gasteiger partial charge in [0.15, 0.2) is 23.0 Å². The third kappa shape index (κ3) is 14.1. The molecule has 4 rings (SSSR count). The third-order valence-corrected chi connectivity index (χ3v) is 13.2. The van der Waals surface area contributed by atoms with Gasteiger partial charge in [0, 0.05) is 24.2 Å². The van der Waals surface area contributed by atoms with Crippen molar-refractivity contribution in [1.29, 1.82) is 0 Å². The van der Waals surface area contributed by atoms with E-state index in [4.69, 9.17) is 18.9 Å². The van der Waals surface area contributed by atoms with Crippen LogP contribution in [0.25, 0.3) is 0 Å². The van der Waals surface area contributed by atoms with E-state index in [1.807, 2.05) is 0 Å². The van der Waals surface area contributed by atoms with Crippen molar-refractivity contribution in [3.63, 3.8) is 0 Å². The van der Waals surface area contributed by atoms with Gasteiger partial charge >= 0.3 is 107 Å². The summed E-state index contributed by atoms with van der Waals surface area (Å²) in [5.41, 5.74) is 0.644. The number of methoxy groups -OCH3 is 2. The molecule has 524 valence electrons. The molecular formula is C51H36F34N2O6. The second-order valence-electron chi connectivity index (χ2n) is 19.6. The van der Waals surface area contributed by atoms with Crippen LogP contribution in [0.5, 0.6) is 23.0 Å². The smallest absolute Gasteiger partial charge is 0.460 e. The van der Waals surface area contributed by atoms with E-state index in [1.54, 1.807) is 0 Å². The van der Waals surface area contributed by atoms with Crippen molar-refractivity contribution in [2.24, 2.45) is 0 Å². The van der Waals surface area contributed by atoms with Gasteiger partial charge in [-0.2, -0.15) is 149 Å². The van der Waals surface area contributed by atoms with Crippen LogP contribution in [0.4, 0.5) is 170 Å². The van der Waals surface area contributed by atoms with Crippen molar-refractivity contribution in [2.45, 2.75) is 140 Å². The number of carbonyl (C=O) groups is 2. The Morgan fingerprint density at radius 1 is 0.312 bits per heavy atom. The molecule has 0 aromatic heterocycles. The number of benzene rings is 4. The van der Waals surface area contributed by atoms with Crippen molar-refractivity contribution in [1.82, 2.24) is 0 Å². The summed E-state index contributed by atoms with van der Waals surface area (Å²) in [6.45, 7) is 0. The van der Waals surface area contributed by atoms with Crippen LogP contribution < -0.4 is 29.6 Å². The Kier molecular flexibility index (Phi) is 21.6. The Balaban J connectivity index is 1.31. The molecule has 0 saturated heterocycles. The zero-order chi connectivity index (χ0) is 72.0. The first kappa shape index (κ1) is 78.1. The fraction of sp³-hybridized carbons (Fsp3) is 0.490. The van der Waals surface area contributed by atoms with Crippen molar-refractivity contribution in [3.8, 4) is 23.0 Å². The molecule has 42 heteroatoms. The molecule has 0 aliphatic carbocycles. The summed E-state index contributed by atoms with van der Waals surface area (Å²) in [6.07, 6.45) is -28.4. The fourth-order valence-electron chi connectivity index (χ4n) is 7.77. The highest BCUT2D eigenvalue weighted by molar-refractivity contribution is 5.87. The highest BCUT2D eigenvalue weighted by Gasteiger charge is 2.97. The molecule has 0 heterocycles. The molecule has 8 nitrogen and oxygen atoms in total. The summed E-state index contributed by atoms with van der Waals surface area (Å²) in [5.74, 6) is -116. The van der Waals surface area contributed by atoms with E-state index in [0.29, 0.717) is 11.1 Å². The molecule has 0 aliphatic rings. The van der Waals surface area contributed by atoms with E-state index >= 15 is 0 Å². The number of hydrogen-bond acceptors (Lipinski definition) is 6. The topological polar surface area (TPSA) is 95.1 Å². The quantitative estimate of drug-likeness (QED) is 0.0550. The minimum Gasteiger partial charge on any atom is -0.493 e. The van der Waals surface area contributed by atoms with Crippen LogP contribution in [0.2, 0.25) is 0 Å². The average molecular weight is 1420 g/mol. The molecule has 4 aromatic carbocycles. The van der Waals surface area contributed by atoms with Crippen molar-refractivity contribution < 1.29 is 178 Å². The van der Waals surface area contributed by atoms with Crippen LogP contribution in [-0.2, 0) is 19.3 Å². The van der Waals surface area contributed by atoms with Gasteiger partial charge in [-0.1, -0.05) is 36.4 Å². The summed E-state index contributed by atoms with van der Waals surface area (Å²) in [4.78, 5) is 25.4. The first-order valence-corrected chi connectivity index (χ1v) is 24.6. The third-order valence-electron chi connectivity index (χ3n) is 13.2. The predicted octanol–water partition coefficient (Wildman–Crippen LogP) is 19.2. The van der Waals surface area contributed by atoms with Crippen LogP contribution in [0.1, 0.15) is 47.9 Å². The van der Waals surface area contributed by atoms with Gasteiger partial charge in [0.25, 0.3) is 0 Å². The molecule has 2 N–H and O–H groups in total. The molecule has 0 atom stereocenters. The number of alkyl halides is 34. The summed E-state index contributed by atoms with van der Waals surface area (Å²) in [7, 11) is 1.82. The number of anilines is 2. The number of rotatable bonds is 28. The van der Waals surface area contributed by atoms with Gasteiger partial charge in [0.2, 0.25) is 0 Å². The van der Waals surface area contributed by atoms with Gasteiger partial charge in [0.1, 0.15) is 0 Å². The molecule has 0 aliphatic heterocycles. The largest absolute Gasteiger partial charge is 0.493 e. The second-order valence-corrected chi connectivity index (χ2v) is 19.6. The normalized spacial score (nSPS) is 14.4. The Hall–Kier alpha value is -7.36. The van der Waals surface area contributed by atoms with Crippen molar-refractivity contribution in [2.75, 3.05) is 24.9 Å². The van der Waals surface area contributed by atoms with Gasteiger partial charge < -0.3 is 18.9 Å². The number of ether oxygens (including phenoxy) is 4. The maximum atomic E-state index is 14.4. The van der Waals surface area contributed by atoms with E-state index < -0.39 is 169 Å². The zero-order valence-corrected chi connectivity index (χ0v) is 45.3. The maximum absolute atomic E-state index is 14.4. The maximum Gasteiger partial charge on any atom is 0.460 e. The van der Waals surface area contributed by atoms with E-state index in [-0.39, 0.29) is 28.9 Å². The highest BCUT2D eigenvalue weighted by atomic mass is 19.4. The number of nitrogens with one attached hydrogen (secondary N) is 2. The predicted molar refractivity (Wildman–Crippen MR) is 248 cm³/mol. The molecule has 0 fully saturated rings. The van der Waals surface area contributed by atoms with Crippen molar-refractivity contribution in [3.05, 3.63) is 107 Å². The molecule has 0 radical (unpaired) electrons. The molecule has 0 saturated carbocycles. The van der Waals surface area contributed by atoms with Crippen LogP contribution in [-0.4, -0.2) is 122 Å². The number of amides is 2. The Labute approximate surface area is 496 Å². The lowest BCUT2D eigenvalue weighted by Crippen LogP contribution is -2.74. The van der Waals surface area contributed by atoms with E-state index in [9.17, 15) is 159 Å². The van der Waals surface area contributed by atoms with E-state index in [2.05, 4.69) is 10.6 Å². The average Bonchev–Trinajstić information content (AvgIpc) is 0.704. The fourth-order valence-corrected chi connectivity index (χ4v) is 7.77. The monoisotopic (exact) mass is 1420 g/mol. The SMILES string of the molecule is COc1cc(CCCC(F)(F)C(F)(F)C(F)(F)C(F)(F)C(F)(F)C(F)(F)C(F)(F)C(F)(F)F)ccc1OC(=O)Nc1ccc(Cc2ccc(NC(=O)Oc3ccc(CCCC(F)(F)C(F)(F)C(F)(F)C(F)(F)C(F)(F)C(F)(F)C(F)(F)C(F)(F)F)cc3OC)cc2)cc1. The highest BCUT2D eigenvalue weighted by Crippen LogP contribution is 2.66. The lowest BCUT2D eigenvalue weighted by atomic mass is 9.87. The van der Waals surface area contributed by atoms with Gasteiger partial charge in [-0.05, 0) is 103 Å². The molecule has 0 unspecified atom stereocenters. The van der Waals surface area contributed by atoms with Gasteiger partial charge in [-0.15, -0.1) is 0 Å². The molecule has 0 spiro atoms. The lowest BCUT2D eigenvalue weighted by Gasteiger charge is -2.42. The zero-order valence-electron chi connectivity index (χ0n) is 45.3. The summed E-state index contributed by atoms with van der Waals surface area (Å²) < 4.78 is 484. The Bertz CT molecular complexity index is 3040.